The number of benzene rings is 1. The van der Waals surface area contributed by atoms with Gasteiger partial charge in [-0.25, -0.2) is 4.79 Å². The number of hydrogen-bond acceptors (Lipinski definition) is 5. The van der Waals surface area contributed by atoms with E-state index in [4.69, 9.17) is 21.1 Å². The van der Waals surface area contributed by atoms with Gasteiger partial charge in [-0.3, -0.25) is 14.3 Å². The fourth-order valence-electron chi connectivity index (χ4n) is 1.96. The van der Waals surface area contributed by atoms with E-state index in [-0.39, 0.29) is 13.3 Å². The average Bonchev–Trinajstić information content (AvgIpc) is 2.82. The first kappa shape index (κ1) is 12.6. The van der Waals surface area contributed by atoms with Gasteiger partial charge in [0.1, 0.15) is 0 Å². The second kappa shape index (κ2) is 4.61. The number of halogens is 1. The molecular formula is C12H9ClN2O5. The summed E-state index contributed by atoms with van der Waals surface area (Å²) in [4.78, 5) is 24.7. The number of nitrogens with one attached hydrogen (secondary N) is 1. The fourth-order valence-corrected chi connectivity index (χ4v) is 2.24. The maximum absolute atomic E-state index is 11.6. The van der Waals surface area contributed by atoms with Crippen LogP contribution < -0.4 is 20.7 Å². The molecule has 0 spiro atoms. The molecule has 8 heteroatoms. The molecule has 1 aromatic carbocycles. The third kappa shape index (κ3) is 2.12. The molecule has 1 aliphatic heterocycles. The quantitative estimate of drug-likeness (QED) is 0.849. The summed E-state index contributed by atoms with van der Waals surface area (Å²) in [6.45, 7) is 0.125. The van der Waals surface area contributed by atoms with Crippen LogP contribution in [-0.4, -0.2) is 21.5 Å². The molecular weight excluding hydrogens is 288 g/mol. The van der Waals surface area contributed by atoms with E-state index in [2.05, 4.69) is 4.98 Å². The van der Waals surface area contributed by atoms with E-state index in [1.54, 1.807) is 12.1 Å². The Morgan fingerprint density at radius 3 is 2.85 bits per heavy atom. The standard InChI is InChI=1S/C12H9ClN2O5/c13-7-1-6(2-8-11(7)20-5-19-8)4-15-10(17)3-9(16)14-12(15)18/h1-3,17H,4-5H2,(H,14,16,18). The zero-order chi connectivity index (χ0) is 14.3. The van der Waals surface area contributed by atoms with Crippen molar-refractivity contribution >= 4 is 11.6 Å². The molecule has 104 valence electrons. The summed E-state index contributed by atoms with van der Waals surface area (Å²) < 4.78 is 11.4. The predicted octanol–water partition coefficient (Wildman–Crippen LogP) is 0.673. The van der Waals surface area contributed by atoms with Crippen molar-refractivity contribution in [2.75, 3.05) is 6.79 Å². The van der Waals surface area contributed by atoms with Crippen LogP contribution in [0, 0.1) is 0 Å². The van der Waals surface area contributed by atoms with Gasteiger partial charge in [0.25, 0.3) is 5.56 Å². The SMILES string of the molecule is O=c1cc(O)n(Cc2cc(Cl)c3c(c2)OCO3)c(=O)[nH]1. The zero-order valence-electron chi connectivity index (χ0n) is 10.1. The summed E-state index contributed by atoms with van der Waals surface area (Å²) in [6.07, 6.45) is 0. The molecule has 0 unspecified atom stereocenters. The summed E-state index contributed by atoms with van der Waals surface area (Å²) in [5.74, 6) is 0.505. The number of nitrogens with zero attached hydrogens (tertiary/aromatic N) is 1. The lowest BCUT2D eigenvalue weighted by atomic mass is 10.2. The largest absolute Gasteiger partial charge is 0.494 e. The minimum absolute atomic E-state index is 0.0395. The lowest BCUT2D eigenvalue weighted by molar-refractivity contribution is 0.174. The molecule has 0 fully saturated rings. The van der Waals surface area contributed by atoms with Gasteiger partial charge in [-0.1, -0.05) is 11.6 Å². The van der Waals surface area contributed by atoms with Crippen molar-refractivity contribution in [3.8, 4) is 17.4 Å². The molecule has 1 aromatic heterocycles. The molecule has 2 N–H and O–H groups in total. The molecule has 1 aliphatic rings. The Balaban J connectivity index is 2.03. The van der Waals surface area contributed by atoms with Gasteiger partial charge < -0.3 is 14.6 Å². The molecule has 2 heterocycles. The second-order valence-corrected chi connectivity index (χ2v) is 4.60. The van der Waals surface area contributed by atoms with Crippen LogP contribution in [0.4, 0.5) is 0 Å². The van der Waals surface area contributed by atoms with Crippen molar-refractivity contribution in [3.05, 3.63) is 49.6 Å². The third-order valence-electron chi connectivity index (χ3n) is 2.84. The highest BCUT2D eigenvalue weighted by Gasteiger charge is 2.19. The number of aromatic hydroxyl groups is 1. The van der Waals surface area contributed by atoms with Gasteiger partial charge in [0, 0.05) is 0 Å². The van der Waals surface area contributed by atoms with Crippen molar-refractivity contribution in [1.82, 2.24) is 9.55 Å². The summed E-state index contributed by atoms with van der Waals surface area (Å²) in [6, 6.07) is 4.19. The highest BCUT2D eigenvalue weighted by atomic mass is 35.5. The number of aromatic nitrogens is 2. The smallest absolute Gasteiger partial charge is 0.331 e. The van der Waals surface area contributed by atoms with E-state index in [1.165, 1.54) is 0 Å². The van der Waals surface area contributed by atoms with Gasteiger partial charge in [0.15, 0.2) is 11.5 Å². The number of aromatic amines is 1. The van der Waals surface area contributed by atoms with Crippen LogP contribution in [0.25, 0.3) is 0 Å². The van der Waals surface area contributed by atoms with E-state index in [0.717, 1.165) is 10.6 Å². The van der Waals surface area contributed by atoms with Crippen LogP contribution in [0.1, 0.15) is 5.56 Å². The first-order chi connectivity index (χ1) is 9.54. The molecule has 0 aliphatic carbocycles. The third-order valence-corrected chi connectivity index (χ3v) is 3.12. The topological polar surface area (TPSA) is 93.5 Å². The van der Waals surface area contributed by atoms with Crippen LogP contribution in [0.3, 0.4) is 0 Å². The first-order valence-corrected chi connectivity index (χ1v) is 6.03. The van der Waals surface area contributed by atoms with E-state index in [0.29, 0.717) is 22.1 Å². The van der Waals surface area contributed by atoms with Gasteiger partial charge in [-0.05, 0) is 17.7 Å². The highest BCUT2D eigenvalue weighted by molar-refractivity contribution is 6.32. The van der Waals surface area contributed by atoms with Crippen molar-refractivity contribution in [2.45, 2.75) is 6.54 Å². The molecule has 0 atom stereocenters. The molecule has 0 radical (unpaired) electrons. The Kier molecular flexibility index (Phi) is 2.90. The van der Waals surface area contributed by atoms with Crippen LogP contribution in [0.15, 0.2) is 27.8 Å². The summed E-state index contributed by atoms with van der Waals surface area (Å²) in [5, 5.41) is 10.0. The lowest BCUT2D eigenvalue weighted by Gasteiger charge is -2.09. The van der Waals surface area contributed by atoms with Gasteiger partial charge in [0.05, 0.1) is 17.6 Å². The van der Waals surface area contributed by atoms with E-state index < -0.39 is 17.1 Å². The minimum Gasteiger partial charge on any atom is -0.494 e. The maximum Gasteiger partial charge on any atom is 0.331 e. The van der Waals surface area contributed by atoms with Crippen molar-refractivity contribution in [1.29, 1.82) is 0 Å². The highest BCUT2D eigenvalue weighted by Crippen LogP contribution is 2.39. The Bertz CT molecular complexity index is 795. The van der Waals surface area contributed by atoms with Crippen LogP contribution in [-0.2, 0) is 6.54 Å². The minimum atomic E-state index is -0.705. The molecule has 3 rings (SSSR count). The normalized spacial score (nSPS) is 12.7. The van der Waals surface area contributed by atoms with Gasteiger partial charge in [0.2, 0.25) is 12.7 Å². The number of fused-ring (bicyclic) bond motifs is 1. The molecule has 0 saturated carbocycles. The van der Waals surface area contributed by atoms with Crippen LogP contribution >= 0.6 is 11.6 Å². The molecule has 20 heavy (non-hydrogen) atoms. The molecule has 0 bridgehead atoms. The second-order valence-electron chi connectivity index (χ2n) is 4.19. The van der Waals surface area contributed by atoms with Gasteiger partial charge >= 0.3 is 5.69 Å². The van der Waals surface area contributed by atoms with Crippen molar-refractivity contribution in [2.24, 2.45) is 0 Å². The van der Waals surface area contributed by atoms with Crippen LogP contribution in [0.5, 0.6) is 17.4 Å². The Morgan fingerprint density at radius 1 is 1.30 bits per heavy atom. The lowest BCUT2D eigenvalue weighted by Crippen LogP contribution is -2.29. The van der Waals surface area contributed by atoms with Crippen LogP contribution in [0.2, 0.25) is 5.02 Å². The van der Waals surface area contributed by atoms with E-state index in [9.17, 15) is 14.7 Å². The number of ether oxygens (including phenoxy) is 2. The summed E-state index contributed by atoms with van der Waals surface area (Å²) in [5.41, 5.74) is -0.736. The molecule has 2 aromatic rings. The fraction of sp³-hybridized carbons (Fsp3) is 0.167. The van der Waals surface area contributed by atoms with Crippen molar-refractivity contribution < 1.29 is 14.6 Å². The molecule has 7 nitrogen and oxygen atoms in total. The molecule has 0 saturated heterocycles. The summed E-state index contributed by atoms with van der Waals surface area (Å²) >= 11 is 6.03. The zero-order valence-corrected chi connectivity index (χ0v) is 10.8. The van der Waals surface area contributed by atoms with Gasteiger partial charge in [-0.2, -0.15) is 0 Å². The number of H-pyrrole nitrogens is 1. The monoisotopic (exact) mass is 296 g/mol. The summed E-state index contributed by atoms with van der Waals surface area (Å²) in [7, 11) is 0. The predicted molar refractivity (Wildman–Crippen MR) is 69.7 cm³/mol. The molecule has 0 amide bonds. The number of rotatable bonds is 2. The average molecular weight is 297 g/mol. The Morgan fingerprint density at radius 2 is 2.10 bits per heavy atom. The van der Waals surface area contributed by atoms with Crippen molar-refractivity contribution in [3.63, 3.8) is 0 Å². The van der Waals surface area contributed by atoms with E-state index >= 15 is 0 Å². The van der Waals surface area contributed by atoms with Gasteiger partial charge in [-0.15, -0.1) is 0 Å². The van der Waals surface area contributed by atoms with E-state index in [1.807, 2.05) is 0 Å². The maximum atomic E-state index is 11.6. The first-order valence-electron chi connectivity index (χ1n) is 5.66. The Labute approximate surface area is 117 Å². The Hall–Kier alpha value is -2.41. The number of hydrogen-bond donors (Lipinski definition) is 2.